The second-order valence-corrected chi connectivity index (χ2v) is 5.69. The molecule has 4 rings (SSSR count). The topological polar surface area (TPSA) is 18.5 Å². The molecule has 0 spiro atoms. The van der Waals surface area contributed by atoms with Crippen molar-refractivity contribution in [2.24, 2.45) is 0 Å². The van der Waals surface area contributed by atoms with Crippen molar-refractivity contribution in [3.8, 4) is 5.75 Å². The molecule has 21 heavy (non-hydrogen) atoms. The number of fused-ring (bicyclic) bond motifs is 3. The number of hydrogen-bond acceptors (Lipinski definition) is 2. The predicted molar refractivity (Wildman–Crippen MR) is 83.6 cm³/mol. The van der Waals surface area contributed by atoms with Crippen molar-refractivity contribution in [2.75, 3.05) is 13.7 Å². The van der Waals surface area contributed by atoms with Crippen LogP contribution in [0.4, 0.5) is 0 Å². The van der Waals surface area contributed by atoms with Gasteiger partial charge in [-0.25, -0.2) is 0 Å². The lowest BCUT2D eigenvalue weighted by Crippen LogP contribution is -2.38. The van der Waals surface area contributed by atoms with E-state index in [0.717, 1.165) is 18.8 Å². The average Bonchev–Trinajstić information content (AvgIpc) is 3.00. The van der Waals surface area contributed by atoms with Crippen LogP contribution in [-0.2, 0) is 10.2 Å². The molecule has 2 heteroatoms. The van der Waals surface area contributed by atoms with Gasteiger partial charge in [0.05, 0.1) is 18.6 Å². The minimum Gasteiger partial charge on any atom is -0.497 e. The molecule has 1 aliphatic carbocycles. The average molecular weight is 278 g/mol. The molecular weight excluding hydrogens is 260 g/mol. The molecule has 0 bridgehead atoms. The molecule has 2 aliphatic rings. The summed E-state index contributed by atoms with van der Waals surface area (Å²) in [5, 5.41) is 0. The summed E-state index contributed by atoms with van der Waals surface area (Å²) < 4.78 is 11.4. The predicted octanol–water partition coefficient (Wildman–Crippen LogP) is 3.80. The highest BCUT2D eigenvalue weighted by atomic mass is 16.5. The molecule has 1 heterocycles. The van der Waals surface area contributed by atoms with E-state index in [2.05, 4.69) is 54.6 Å². The first kappa shape index (κ1) is 12.7. The van der Waals surface area contributed by atoms with Crippen molar-refractivity contribution >= 4 is 6.08 Å². The molecular formula is C19H18O2. The Morgan fingerprint density at radius 2 is 2.05 bits per heavy atom. The highest BCUT2D eigenvalue weighted by Gasteiger charge is 2.48. The van der Waals surface area contributed by atoms with E-state index in [1.807, 2.05) is 6.07 Å². The second kappa shape index (κ2) is 4.74. The molecule has 0 saturated carbocycles. The quantitative estimate of drug-likeness (QED) is 0.832. The van der Waals surface area contributed by atoms with Crippen LogP contribution in [0.5, 0.6) is 5.75 Å². The summed E-state index contributed by atoms with van der Waals surface area (Å²) in [6.45, 7) is 0.792. The summed E-state index contributed by atoms with van der Waals surface area (Å²) in [5.41, 5.74) is 3.85. The third kappa shape index (κ3) is 1.76. The zero-order chi connectivity index (χ0) is 14.3. The van der Waals surface area contributed by atoms with Gasteiger partial charge in [-0.2, -0.15) is 0 Å². The Bertz CT molecular complexity index is 704. The smallest absolute Gasteiger partial charge is 0.119 e. The van der Waals surface area contributed by atoms with E-state index >= 15 is 0 Å². The van der Waals surface area contributed by atoms with Gasteiger partial charge >= 0.3 is 0 Å². The minimum atomic E-state index is -0.0834. The molecule has 0 amide bonds. The van der Waals surface area contributed by atoms with Gasteiger partial charge in [0.15, 0.2) is 0 Å². The zero-order valence-electron chi connectivity index (χ0n) is 12.1. The molecule has 0 aromatic heterocycles. The van der Waals surface area contributed by atoms with Crippen LogP contribution in [0.3, 0.4) is 0 Å². The number of ether oxygens (including phenoxy) is 2. The molecule has 1 fully saturated rings. The number of hydrogen-bond donors (Lipinski definition) is 0. The zero-order valence-corrected chi connectivity index (χ0v) is 12.1. The van der Waals surface area contributed by atoms with Gasteiger partial charge in [-0.3, -0.25) is 0 Å². The Hall–Kier alpha value is -2.06. The monoisotopic (exact) mass is 278 g/mol. The summed E-state index contributed by atoms with van der Waals surface area (Å²) in [7, 11) is 1.72. The van der Waals surface area contributed by atoms with Gasteiger partial charge in [0.25, 0.3) is 0 Å². The van der Waals surface area contributed by atoms with E-state index in [4.69, 9.17) is 9.47 Å². The van der Waals surface area contributed by atoms with Gasteiger partial charge in [-0.15, -0.1) is 0 Å². The van der Waals surface area contributed by atoms with Gasteiger partial charge in [0.2, 0.25) is 0 Å². The Labute approximate surface area is 125 Å². The van der Waals surface area contributed by atoms with Crippen LogP contribution in [0.2, 0.25) is 0 Å². The first-order chi connectivity index (χ1) is 10.3. The maximum absolute atomic E-state index is 6.02. The largest absolute Gasteiger partial charge is 0.497 e. The van der Waals surface area contributed by atoms with Crippen molar-refractivity contribution in [1.29, 1.82) is 0 Å². The van der Waals surface area contributed by atoms with E-state index < -0.39 is 0 Å². The van der Waals surface area contributed by atoms with Gasteiger partial charge in [0.1, 0.15) is 5.75 Å². The Balaban J connectivity index is 1.96. The Morgan fingerprint density at radius 1 is 1.14 bits per heavy atom. The van der Waals surface area contributed by atoms with Crippen LogP contribution in [0, 0.1) is 0 Å². The van der Waals surface area contributed by atoms with E-state index in [9.17, 15) is 0 Å². The highest BCUT2D eigenvalue weighted by Crippen LogP contribution is 2.49. The first-order valence-corrected chi connectivity index (χ1v) is 7.38. The van der Waals surface area contributed by atoms with Crippen LogP contribution in [-0.4, -0.2) is 19.8 Å². The van der Waals surface area contributed by atoms with Crippen molar-refractivity contribution in [3.05, 3.63) is 71.3 Å². The third-order valence-corrected chi connectivity index (χ3v) is 4.76. The summed E-state index contributed by atoms with van der Waals surface area (Å²) in [6, 6.07) is 17.0. The van der Waals surface area contributed by atoms with Crippen LogP contribution in [0.25, 0.3) is 6.08 Å². The van der Waals surface area contributed by atoms with Gasteiger partial charge in [-0.1, -0.05) is 48.6 Å². The van der Waals surface area contributed by atoms with Crippen LogP contribution in [0.1, 0.15) is 23.1 Å². The molecule has 2 aromatic carbocycles. The molecule has 0 radical (unpaired) electrons. The Morgan fingerprint density at radius 3 is 2.95 bits per heavy atom. The molecule has 2 nitrogen and oxygen atoms in total. The standard InChI is InChI=1S/C19H18O2/c1-20-16-7-4-6-15(13-16)19-11-12-21-18(19)10-9-14-5-2-3-8-17(14)19/h2-10,13,18H,11-12H2,1H3. The lowest BCUT2D eigenvalue weighted by atomic mass is 9.66. The molecule has 1 aliphatic heterocycles. The normalized spacial score (nSPS) is 26.2. The molecule has 106 valence electrons. The SMILES string of the molecule is COc1cccc(C23CCOC2C=Cc2ccccc23)c1. The van der Waals surface area contributed by atoms with Gasteiger partial charge < -0.3 is 9.47 Å². The lowest BCUT2D eigenvalue weighted by molar-refractivity contribution is 0.125. The van der Waals surface area contributed by atoms with E-state index in [1.54, 1.807) is 7.11 Å². The highest BCUT2D eigenvalue weighted by molar-refractivity contribution is 5.64. The third-order valence-electron chi connectivity index (χ3n) is 4.76. The summed E-state index contributed by atoms with van der Waals surface area (Å²) in [4.78, 5) is 0. The van der Waals surface area contributed by atoms with Gasteiger partial charge in [-0.05, 0) is 35.2 Å². The summed E-state index contributed by atoms with van der Waals surface area (Å²) in [6.07, 6.45) is 5.50. The van der Waals surface area contributed by atoms with E-state index in [-0.39, 0.29) is 11.5 Å². The number of methoxy groups -OCH3 is 1. The fourth-order valence-corrected chi connectivity index (χ4v) is 3.74. The van der Waals surface area contributed by atoms with Gasteiger partial charge in [0, 0.05) is 6.61 Å². The van der Waals surface area contributed by atoms with E-state index in [0.29, 0.717) is 0 Å². The van der Waals surface area contributed by atoms with E-state index in [1.165, 1.54) is 16.7 Å². The maximum Gasteiger partial charge on any atom is 0.119 e. The second-order valence-electron chi connectivity index (χ2n) is 5.69. The fraction of sp³-hybridized carbons (Fsp3) is 0.263. The van der Waals surface area contributed by atoms with Crippen molar-refractivity contribution in [1.82, 2.24) is 0 Å². The maximum atomic E-state index is 6.02. The fourth-order valence-electron chi connectivity index (χ4n) is 3.74. The van der Waals surface area contributed by atoms with Crippen molar-refractivity contribution in [3.63, 3.8) is 0 Å². The summed E-state index contributed by atoms with van der Waals surface area (Å²) >= 11 is 0. The van der Waals surface area contributed by atoms with Crippen molar-refractivity contribution < 1.29 is 9.47 Å². The van der Waals surface area contributed by atoms with Crippen molar-refractivity contribution in [2.45, 2.75) is 17.9 Å². The molecule has 2 unspecified atom stereocenters. The number of benzene rings is 2. The molecule has 0 N–H and O–H groups in total. The van der Waals surface area contributed by atoms with Crippen LogP contribution in [0.15, 0.2) is 54.6 Å². The minimum absolute atomic E-state index is 0.0834. The number of rotatable bonds is 2. The van der Waals surface area contributed by atoms with Crippen LogP contribution < -0.4 is 4.74 Å². The molecule has 2 atom stereocenters. The first-order valence-electron chi connectivity index (χ1n) is 7.38. The summed E-state index contributed by atoms with van der Waals surface area (Å²) in [5.74, 6) is 0.902. The molecule has 1 saturated heterocycles. The van der Waals surface area contributed by atoms with Crippen LogP contribution >= 0.6 is 0 Å². The lowest BCUT2D eigenvalue weighted by Gasteiger charge is -2.37. The molecule has 2 aromatic rings. The Kier molecular flexibility index (Phi) is 2.86.